The highest BCUT2D eigenvalue weighted by atomic mass is 16.5. The molecule has 3 aromatic rings. The van der Waals surface area contributed by atoms with Gasteiger partial charge in [0.15, 0.2) is 5.76 Å². The summed E-state index contributed by atoms with van der Waals surface area (Å²) in [4.78, 5) is 35.1. The predicted molar refractivity (Wildman–Crippen MR) is 84.9 cm³/mol. The molecule has 0 aliphatic rings. The molecule has 1 amide bonds. The summed E-state index contributed by atoms with van der Waals surface area (Å²) in [5.41, 5.74) is 0.816. The molecular weight excluding hydrogens is 330 g/mol. The summed E-state index contributed by atoms with van der Waals surface area (Å²) in [6.45, 7) is -0.332. The number of rotatable bonds is 5. The summed E-state index contributed by atoms with van der Waals surface area (Å²) in [5.74, 6) is -1.45. The van der Waals surface area contributed by atoms with Crippen LogP contribution in [0.15, 0.2) is 56.3 Å². The van der Waals surface area contributed by atoms with Gasteiger partial charge >= 0.3 is 11.7 Å². The Morgan fingerprint density at radius 3 is 2.64 bits per heavy atom. The molecule has 9 heteroatoms. The molecule has 0 fully saturated rings. The van der Waals surface area contributed by atoms with Crippen LogP contribution in [0, 0.1) is 0 Å². The summed E-state index contributed by atoms with van der Waals surface area (Å²) >= 11 is 0. The zero-order valence-electron chi connectivity index (χ0n) is 13.1. The fourth-order valence-corrected chi connectivity index (χ4v) is 2.05. The lowest BCUT2D eigenvalue weighted by Gasteiger charge is -2.05. The molecule has 2 aromatic heterocycles. The van der Waals surface area contributed by atoms with Gasteiger partial charge in [-0.25, -0.2) is 9.59 Å². The number of nitrogens with one attached hydrogen (secondary N) is 1. The minimum Gasteiger partial charge on any atom is -0.465 e. The Labute approximate surface area is 140 Å². The first kappa shape index (κ1) is 16.2. The Bertz CT molecular complexity index is 937. The van der Waals surface area contributed by atoms with Gasteiger partial charge in [0.05, 0.1) is 18.9 Å². The summed E-state index contributed by atoms with van der Waals surface area (Å²) in [6, 6.07) is 9.32. The Morgan fingerprint density at radius 1 is 1.24 bits per heavy atom. The summed E-state index contributed by atoms with van der Waals surface area (Å²) in [5, 5.41) is 6.49. The van der Waals surface area contributed by atoms with Gasteiger partial charge in [-0.1, -0.05) is 0 Å². The number of benzene rings is 1. The first-order valence-corrected chi connectivity index (χ1v) is 7.17. The molecule has 0 atom stereocenters. The monoisotopic (exact) mass is 343 g/mol. The third kappa shape index (κ3) is 3.66. The second-order valence-corrected chi connectivity index (χ2v) is 4.93. The van der Waals surface area contributed by atoms with E-state index in [9.17, 15) is 14.4 Å². The van der Waals surface area contributed by atoms with Crippen LogP contribution in [0.5, 0.6) is 0 Å². The van der Waals surface area contributed by atoms with Crippen molar-refractivity contribution in [3.8, 4) is 11.7 Å². The van der Waals surface area contributed by atoms with E-state index in [1.807, 2.05) is 0 Å². The number of aromatic nitrogens is 2. The van der Waals surface area contributed by atoms with Crippen LogP contribution in [0.2, 0.25) is 0 Å². The zero-order chi connectivity index (χ0) is 17.8. The van der Waals surface area contributed by atoms with Crippen molar-refractivity contribution in [2.24, 2.45) is 0 Å². The number of carbonyl (C=O) groups excluding carboxylic acids is 2. The van der Waals surface area contributed by atoms with Gasteiger partial charge in [0.25, 0.3) is 5.89 Å². The molecule has 0 saturated carbocycles. The number of esters is 1. The van der Waals surface area contributed by atoms with E-state index in [1.54, 1.807) is 24.3 Å². The van der Waals surface area contributed by atoms with Crippen LogP contribution in [0.4, 0.5) is 5.69 Å². The minimum atomic E-state index is -0.775. The van der Waals surface area contributed by atoms with Crippen LogP contribution in [0.3, 0.4) is 0 Å². The van der Waals surface area contributed by atoms with E-state index in [0.717, 1.165) is 4.68 Å². The quantitative estimate of drug-likeness (QED) is 0.698. The number of amides is 1. The van der Waals surface area contributed by atoms with Crippen LogP contribution in [-0.4, -0.2) is 28.8 Å². The molecule has 0 radical (unpaired) electrons. The maximum absolute atomic E-state index is 12.0. The van der Waals surface area contributed by atoms with Gasteiger partial charge in [0.2, 0.25) is 5.91 Å². The predicted octanol–water partition coefficient (Wildman–Crippen LogP) is 1.52. The van der Waals surface area contributed by atoms with Crippen LogP contribution >= 0.6 is 0 Å². The molecule has 128 valence electrons. The third-order valence-corrected chi connectivity index (χ3v) is 3.22. The standard InChI is InChI=1S/C16H13N3O6/c1-23-15(21)10-4-6-11(7-5-10)17-13(20)9-19-16(22)25-14(18-19)12-3-2-8-24-12/h2-8H,9H2,1H3,(H,17,20). The van der Waals surface area contributed by atoms with Crippen molar-refractivity contribution >= 4 is 17.6 Å². The highest BCUT2D eigenvalue weighted by molar-refractivity contribution is 5.92. The fourth-order valence-electron chi connectivity index (χ4n) is 2.05. The topological polar surface area (TPSA) is 117 Å². The Morgan fingerprint density at radius 2 is 2.00 bits per heavy atom. The summed E-state index contributed by atoms with van der Waals surface area (Å²) < 4.78 is 15.5. The van der Waals surface area contributed by atoms with Gasteiger partial charge in [-0.2, -0.15) is 4.68 Å². The smallest absolute Gasteiger partial charge is 0.437 e. The van der Waals surface area contributed by atoms with Gasteiger partial charge < -0.3 is 18.9 Å². The number of nitrogens with zero attached hydrogens (tertiary/aromatic N) is 2. The number of carbonyl (C=O) groups is 2. The van der Waals surface area contributed by atoms with Gasteiger partial charge in [-0.3, -0.25) is 4.79 Å². The van der Waals surface area contributed by atoms with Crippen LogP contribution < -0.4 is 11.1 Å². The molecule has 1 aromatic carbocycles. The molecule has 9 nitrogen and oxygen atoms in total. The van der Waals surface area contributed by atoms with E-state index in [4.69, 9.17) is 8.83 Å². The van der Waals surface area contributed by atoms with E-state index < -0.39 is 17.6 Å². The van der Waals surface area contributed by atoms with Crippen LogP contribution in [0.25, 0.3) is 11.7 Å². The van der Waals surface area contributed by atoms with Crippen molar-refractivity contribution < 1.29 is 23.2 Å². The summed E-state index contributed by atoms with van der Waals surface area (Å²) in [7, 11) is 1.28. The van der Waals surface area contributed by atoms with Gasteiger partial charge in [0.1, 0.15) is 6.54 Å². The minimum absolute atomic E-state index is 0.00905. The third-order valence-electron chi connectivity index (χ3n) is 3.22. The van der Waals surface area contributed by atoms with Crippen molar-refractivity contribution in [1.29, 1.82) is 0 Å². The SMILES string of the molecule is COC(=O)c1ccc(NC(=O)Cn2nc(-c3ccco3)oc2=O)cc1. The molecule has 0 bridgehead atoms. The van der Waals surface area contributed by atoms with Gasteiger partial charge in [-0.05, 0) is 36.4 Å². The molecule has 0 saturated heterocycles. The van der Waals surface area contributed by atoms with E-state index in [0.29, 0.717) is 11.3 Å². The number of furan rings is 1. The first-order chi connectivity index (χ1) is 12.1. The molecule has 0 aliphatic carbocycles. The number of hydrogen-bond acceptors (Lipinski definition) is 7. The second-order valence-electron chi connectivity index (χ2n) is 4.93. The lowest BCUT2D eigenvalue weighted by Crippen LogP contribution is -2.25. The molecule has 2 heterocycles. The molecule has 1 N–H and O–H groups in total. The van der Waals surface area contributed by atoms with E-state index >= 15 is 0 Å². The Balaban J connectivity index is 1.67. The van der Waals surface area contributed by atoms with Crippen molar-refractivity contribution in [3.63, 3.8) is 0 Å². The average molecular weight is 343 g/mol. The zero-order valence-corrected chi connectivity index (χ0v) is 13.1. The van der Waals surface area contributed by atoms with Crippen molar-refractivity contribution in [2.75, 3.05) is 12.4 Å². The second kappa shape index (κ2) is 6.87. The highest BCUT2D eigenvalue weighted by Gasteiger charge is 2.15. The fraction of sp³-hybridized carbons (Fsp3) is 0.125. The lowest BCUT2D eigenvalue weighted by molar-refractivity contribution is -0.117. The molecule has 3 rings (SSSR count). The normalized spacial score (nSPS) is 10.4. The van der Waals surface area contributed by atoms with Crippen LogP contribution in [-0.2, 0) is 16.1 Å². The average Bonchev–Trinajstić information content (AvgIpc) is 3.25. The molecule has 0 spiro atoms. The summed E-state index contributed by atoms with van der Waals surface area (Å²) in [6.07, 6.45) is 1.42. The van der Waals surface area contributed by atoms with Crippen molar-refractivity contribution in [2.45, 2.75) is 6.54 Å². The van der Waals surface area contributed by atoms with Crippen molar-refractivity contribution in [1.82, 2.24) is 9.78 Å². The lowest BCUT2D eigenvalue weighted by atomic mass is 10.2. The number of methoxy groups -OCH3 is 1. The molecule has 25 heavy (non-hydrogen) atoms. The highest BCUT2D eigenvalue weighted by Crippen LogP contribution is 2.15. The Hall–Kier alpha value is -3.62. The van der Waals surface area contributed by atoms with E-state index in [1.165, 1.54) is 25.5 Å². The number of ether oxygens (including phenoxy) is 1. The largest absolute Gasteiger partial charge is 0.465 e. The van der Waals surface area contributed by atoms with Crippen molar-refractivity contribution in [3.05, 3.63) is 58.8 Å². The number of hydrogen-bond donors (Lipinski definition) is 1. The maximum Gasteiger partial charge on any atom is 0.437 e. The van der Waals surface area contributed by atoms with E-state index in [2.05, 4.69) is 15.2 Å². The van der Waals surface area contributed by atoms with Gasteiger partial charge in [0, 0.05) is 5.69 Å². The molecule has 0 unspecified atom stereocenters. The Kier molecular flexibility index (Phi) is 4.46. The molecular formula is C16H13N3O6. The van der Waals surface area contributed by atoms with Gasteiger partial charge in [-0.15, -0.1) is 5.10 Å². The van der Waals surface area contributed by atoms with Crippen LogP contribution in [0.1, 0.15) is 10.4 Å². The number of anilines is 1. The first-order valence-electron chi connectivity index (χ1n) is 7.17. The molecule has 0 aliphatic heterocycles. The maximum atomic E-state index is 12.0. The van der Waals surface area contributed by atoms with E-state index in [-0.39, 0.29) is 18.2 Å².